The van der Waals surface area contributed by atoms with Crippen molar-refractivity contribution in [2.24, 2.45) is 10.9 Å². The van der Waals surface area contributed by atoms with Gasteiger partial charge in [-0.1, -0.05) is 12.8 Å². The third-order valence-corrected chi connectivity index (χ3v) is 6.13. The van der Waals surface area contributed by atoms with Gasteiger partial charge in [-0.25, -0.2) is 9.98 Å². The predicted octanol–water partition coefficient (Wildman–Crippen LogP) is 2.94. The minimum atomic E-state index is 0.494. The Labute approximate surface area is 169 Å². The highest BCUT2D eigenvalue weighted by molar-refractivity contribution is 5.80. The van der Waals surface area contributed by atoms with Gasteiger partial charge < -0.3 is 15.4 Å². The second-order valence-electron chi connectivity index (χ2n) is 8.52. The molecule has 0 radical (unpaired) electrons. The zero-order valence-electron chi connectivity index (χ0n) is 17.2. The Morgan fingerprint density at radius 1 is 1.25 bits per heavy atom. The number of pyridine rings is 1. The summed E-state index contributed by atoms with van der Waals surface area (Å²) >= 11 is 0. The maximum Gasteiger partial charge on any atom is 0.213 e. The summed E-state index contributed by atoms with van der Waals surface area (Å²) in [6.45, 7) is 6.78. The van der Waals surface area contributed by atoms with Crippen molar-refractivity contribution in [1.29, 1.82) is 0 Å². The number of hydrogen-bond acceptors (Lipinski definition) is 4. The van der Waals surface area contributed by atoms with E-state index in [9.17, 15) is 0 Å². The van der Waals surface area contributed by atoms with Crippen molar-refractivity contribution in [1.82, 2.24) is 20.5 Å². The van der Waals surface area contributed by atoms with Gasteiger partial charge >= 0.3 is 0 Å². The van der Waals surface area contributed by atoms with Gasteiger partial charge in [0.05, 0.1) is 13.2 Å². The third-order valence-electron chi connectivity index (χ3n) is 6.13. The van der Waals surface area contributed by atoms with Crippen LogP contribution in [0.25, 0.3) is 0 Å². The second-order valence-corrected chi connectivity index (χ2v) is 8.52. The minimum absolute atomic E-state index is 0.494. The Hall–Kier alpha value is -1.82. The Morgan fingerprint density at radius 3 is 2.89 bits per heavy atom. The van der Waals surface area contributed by atoms with E-state index in [-0.39, 0.29) is 0 Å². The van der Waals surface area contributed by atoms with Crippen molar-refractivity contribution in [2.75, 3.05) is 26.2 Å². The molecule has 3 fully saturated rings. The summed E-state index contributed by atoms with van der Waals surface area (Å²) in [5.41, 5.74) is 1.14. The molecule has 1 saturated heterocycles. The molecule has 0 spiro atoms. The van der Waals surface area contributed by atoms with Crippen molar-refractivity contribution in [2.45, 2.75) is 70.5 Å². The van der Waals surface area contributed by atoms with Crippen LogP contribution in [0.15, 0.2) is 23.3 Å². The molecule has 154 valence electrons. The smallest absolute Gasteiger partial charge is 0.213 e. The van der Waals surface area contributed by atoms with Crippen LogP contribution in [0.3, 0.4) is 0 Å². The van der Waals surface area contributed by atoms with E-state index >= 15 is 0 Å². The molecule has 1 aliphatic heterocycles. The molecule has 1 atom stereocenters. The monoisotopic (exact) mass is 385 g/mol. The first-order chi connectivity index (χ1) is 13.8. The molecule has 1 aromatic rings. The first-order valence-corrected chi connectivity index (χ1v) is 11.2. The quantitative estimate of drug-likeness (QED) is 0.532. The van der Waals surface area contributed by atoms with Gasteiger partial charge in [0, 0.05) is 44.0 Å². The van der Waals surface area contributed by atoms with Crippen LogP contribution in [-0.4, -0.2) is 54.2 Å². The van der Waals surface area contributed by atoms with E-state index in [0.29, 0.717) is 12.6 Å². The lowest BCUT2D eigenvalue weighted by molar-refractivity contribution is 0.242. The van der Waals surface area contributed by atoms with E-state index in [2.05, 4.69) is 27.4 Å². The van der Waals surface area contributed by atoms with Gasteiger partial charge in [-0.3, -0.25) is 4.90 Å². The van der Waals surface area contributed by atoms with E-state index in [0.717, 1.165) is 49.1 Å². The fourth-order valence-electron chi connectivity index (χ4n) is 4.31. The molecule has 1 aromatic heterocycles. The van der Waals surface area contributed by atoms with Gasteiger partial charge in [0.15, 0.2) is 5.96 Å². The van der Waals surface area contributed by atoms with Crippen LogP contribution >= 0.6 is 0 Å². The number of rotatable bonds is 8. The van der Waals surface area contributed by atoms with Crippen molar-refractivity contribution in [3.05, 3.63) is 23.9 Å². The van der Waals surface area contributed by atoms with Crippen LogP contribution in [0, 0.1) is 5.92 Å². The predicted molar refractivity (Wildman–Crippen MR) is 113 cm³/mol. The molecule has 6 heteroatoms. The Bertz CT molecular complexity index is 654. The lowest BCUT2D eigenvalue weighted by Crippen LogP contribution is -2.45. The highest BCUT2D eigenvalue weighted by Gasteiger charge is 2.30. The van der Waals surface area contributed by atoms with Crippen LogP contribution in [0.1, 0.15) is 57.4 Å². The van der Waals surface area contributed by atoms with Gasteiger partial charge in [-0.15, -0.1) is 0 Å². The fourth-order valence-corrected chi connectivity index (χ4v) is 4.31. The van der Waals surface area contributed by atoms with Crippen LogP contribution in [0.5, 0.6) is 5.88 Å². The maximum atomic E-state index is 5.80. The molecule has 4 rings (SSSR count). The van der Waals surface area contributed by atoms with Crippen molar-refractivity contribution < 1.29 is 4.74 Å². The van der Waals surface area contributed by atoms with Crippen molar-refractivity contribution >= 4 is 5.96 Å². The van der Waals surface area contributed by atoms with Gasteiger partial charge in [0.1, 0.15) is 0 Å². The number of likely N-dealkylation sites (tertiary alicyclic amines) is 1. The Balaban J connectivity index is 1.29. The molecular formula is C22H35N5O. The standard InChI is InChI=1S/C22H35N5O/c1-2-23-22(26-19-10-12-27(15-19)20-5-3-4-6-20)25-14-18-9-11-24-21(13-18)28-16-17-7-8-17/h9,11,13,17,19-20H,2-8,10,12,14-16H2,1H3,(H2,23,25,26). The summed E-state index contributed by atoms with van der Waals surface area (Å²) < 4.78 is 5.80. The number of aromatic nitrogens is 1. The average molecular weight is 386 g/mol. The topological polar surface area (TPSA) is 61.8 Å². The summed E-state index contributed by atoms with van der Waals surface area (Å²) in [7, 11) is 0. The third kappa shape index (κ3) is 5.60. The van der Waals surface area contributed by atoms with Crippen LogP contribution in [-0.2, 0) is 6.54 Å². The first-order valence-electron chi connectivity index (χ1n) is 11.2. The lowest BCUT2D eigenvalue weighted by atomic mass is 10.2. The van der Waals surface area contributed by atoms with Crippen LogP contribution in [0.2, 0.25) is 0 Å². The lowest BCUT2D eigenvalue weighted by Gasteiger charge is -2.24. The summed E-state index contributed by atoms with van der Waals surface area (Å²) in [6.07, 6.45) is 11.2. The number of aliphatic imine (C=N–C) groups is 1. The average Bonchev–Trinajstić information content (AvgIpc) is 3.16. The molecule has 0 aromatic carbocycles. The highest BCUT2D eigenvalue weighted by Crippen LogP contribution is 2.29. The summed E-state index contributed by atoms with van der Waals surface area (Å²) in [5, 5.41) is 7.05. The number of hydrogen-bond donors (Lipinski definition) is 2. The number of guanidine groups is 1. The van der Waals surface area contributed by atoms with Crippen molar-refractivity contribution in [3.63, 3.8) is 0 Å². The molecule has 2 N–H and O–H groups in total. The molecule has 0 bridgehead atoms. The van der Waals surface area contributed by atoms with Crippen LogP contribution < -0.4 is 15.4 Å². The zero-order chi connectivity index (χ0) is 19.2. The molecule has 2 heterocycles. The van der Waals surface area contributed by atoms with Crippen LogP contribution in [0.4, 0.5) is 0 Å². The molecule has 2 aliphatic carbocycles. The fraction of sp³-hybridized carbons (Fsp3) is 0.727. The first kappa shape index (κ1) is 19.5. The SMILES string of the molecule is CCNC(=NCc1ccnc(OCC2CC2)c1)NC1CCN(C2CCCC2)C1. The molecule has 3 aliphatic rings. The summed E-state index contributed by atoms with van der Waals surface area (Å²) in [6, 6.07) is 5.35. The van der Waals surface area contributed by atoms with Gasteiger partial charge in [0.25, 0.3) is 0 Å². The van der Waals surface area contributed by atoms with E-state index in [1.54, 1.807) is 0 Å². The zero-order valence-corrected chi connectivity index (χ0v) is 17.2. The highest BCUT2D eigenvalue weighted by atomic mass is 16.5. The number of ether oxygens (including phenoxy) is 1. The summed E-state index contributed by atoms with van der Waals surface area (Å²) in [5.74, 6) is 2.38. The van der Waals surface area contributed by atoms with E-state index in [1.807, 2.05) is 18.3 Å². The largest absolute Gasteiger partial charge is 0.477 e. The number of nitrogens with one attached hydrogen (secondary N) is 2. The number of nitrogens with zero attached hydrogens (tertiary/aromatic N) is 3. The van der Waals surface area contributed by atoms with E-state index in [1.165, 1.54) is 51.5 Å². The summed E-state index contributed by atoms with van der Waals surface area (Å²) in [4.78, 5) is 11.8. The molecule has 1 unspecified atom stereocenters. The normalized spacial score (nSPS) is 23.9. The van der Waals surface area contributed by atoms with Gasteiger partial charge in [-0.05, 0) is 56.6 Å². The Morgan fingerprint density at radius 2 is 2.11 bits per heavy atom. The minimum Gasteiger partial charge on any atom is -0.477 e. The molecule has 2 saturated carbocycles. The van der Waals surface area contributed by atoms with E-state index < -0.39 is 0 Å². The van der Waals surface area contributed by atoms with Gasteiger partial charge in [0.2, 0.25) is 5.88 Å². The molecular weight excluding hydrogens is 350 g/mol. The van der Waals surface area contributed by atoms with Crippen molar-refractivity contribution in [3.8, 4) is 5.88 Å². The Kier molecular flexibility index (Phi) is 6.68. The molecule has 6 nitrogen and oxygen atoms in total. The maximum absolute atomic E-state index is 5.80. The van der Waals surface area contributed by atoms with Gasteiger partial charge in [-0.2, -0.15) is 0 Å². The molecule has 0 amide bonds. The molecule has 28 heavy (non-hydrogen) atoms. The van der Waals surface area contributed by atoms with E-state index in [4.69, 9.17) is 9.73 Å². The second kappa shape index (κ2) is 9.59.